The fourth-order valence-electron chi connectivity index (χ4n) is 3.89. The van der Waals surface area contributed by atoms with Crippen molar-refractivity contribution in [3.63, 3.8) is 0 Å². The highest BCUT2D eigenvalue weighted by molar-refractivity contribution is 7.89. The lowest BCUT2D eigenvalue weighted by Gasteiger charge is -2.31. The molecule has 2 aliphatic rings. The molecule has 0 unspecified atom stereocenters. The zero-order valence-corrected chi connectivity index (χ0v) is 16.3. The van der Waals surface area contributed by atoms with Gasteiger partial charge in [-0.25, -0.2) is 17.6 Å². The molecule has 2 amide bonds. The second kappa shape index (κ2) is 9.01. The highest BCUT2D eigenvalue weighted by Gasteiger charge is 2.29. The number of carbonyl (C=O) groups excluding carboxylic acids is 1. The predicted molar refractivity (Wildman–Crippen MR) is 101 cm³/mol. The van der Waals surface area contributed by atoms with E-state index in [9.17, 15) is 17.6 Å². The zero-order chi connectivity index (χ0) is 19.3. The van der Waals surface area contributed by atoms with E-state index in [1.807, 2.05) is 0 Å². The third-order valence-electron chi connectivity index (χ3n) is 5.55. The largest absolute Gasteiger partial charge is 0.338 e. The Balaban J connectivity index is 1.39. The molecule has 1 aliphatic carbocycles. The van der Waals surface area contributed by atoms with Crippen LogP contribution in [-0.2, 0) is 10.0 Å². The summed E-state index contributed by atoms with van der Waals surface area (Å²) >= 11 is 0. The van der Waals surface area contributed by atoms with Crippen molar-refractivity contribution in [1.82, 2.24) is 14.9 Å². The first-order valence-corrected chi connectivity index (χ1v) is 11.2. The molecule has 150 valence electrons. The summed E-state index contributed by atoms with van der Waals surface area (Å²) in [5, 5.41) is 5.91. The number of piperidine rings is 1. The Labute approximate surface area is 160 Å². The van der Waals surface area contributed by atoms with Crippen LogP contribution in [0.2, 0.25) is 0 Å². The van der Waals surface area contributed by atoms with Crippen LogP contribution in [0.4, 0.5) is 9.18 Å². The number of nitrogens with one attached hydrogen (secondary N) is 2. The van der Waals surface area contributed by atoms with E-state index < -0.39 is 15.8 Å². The minimum absolute atomic E-state index is 0.0989. The standard InChI is InChI=1S/C19H28FN3O3S/c20-16-5-7-18(8-6-16)27(25,26)23-13-10-15(11-14-23)9-12-21-19(24)22-17-3-1-2-4-17/h5-8,15,17H,1-4,9-14H2,(H2,21,22,24). The Bertz CT molecular complexity index is 725. The van der Waals surface area contributed by atoms with Crippen molar-refractivity contribution in [3.8, 4) is 0 Å². The molecule has 0 spiro atoms. The van der Waals surface area contributed by atoms with E-state index in [0.29, 0.717) is 31.6 Å². The molecule has 0 radical (unpaired) electrons. The Hall–Kier alpha value is -1.67. The van der Waals surface area contributed by atoms with Gasteiger partial charge in [-0.1, -0.05) is 12.8 Å². The third-order valence-corrected chi connectivity index (χ3v) is 7.47. The first-order valence-electron chi connectivity index (χ1n) is 9.75. The number of nitrogens with zero attached hydrogens (tertiary/aromatic N) is 1. The molecule has 2 fully saturated rings. The fourth-order valence-corrected chi connectivity index (χ4v) is 5.36. The van der Waals surface area contributed by atoms with E-state index in [0.717, 1.165) is 32.1 Å². The van der Waals surface area contributed by atoms with Gasteiger partial charge in [0.05, 0.1) is 4.90 Å². The average molecular weight is 398 g/mol. The molecule has 6 nitrogen and oxygen atoms in total. The van der Waals surface area contributed by atoms with Crippen LogP contribution in [0.5, 0.6) is 0 Å². The van der Waals surface area contributed by atoms with Gasteiger partial charge >= 0.3 is 6.03 Å². The van der Waals surface area contributed by atoms with Crippen LogP contribution >= 0.6 is 0 Å². The molecule has 8 heteroatoms. The molecule has 0 bridgehead atoms. The molecule has 0 aromatic heterocycles. The summed E-state index contributed by atoms with van der Waals surface area (Å²) in [4.78, 5) is 12.0. The van der Waals surface area contributed by atoms with Gasteiger partial charge in [0.1, 0.15) is 5.82 Å². The van der Waals surface area contributed by atoms with Gasteiger partial charge in [-0.2, -0.15) is 4.31 Å². The number of halogens is 1. The molecule has 1 heterocycles. The Morgan fingerprint density at radius 3 is 2.33 bits per heavy atom. The van der Waals surface area contributed by atoms with Crippen molar-refractivity contribution in [1.29, 1.82) is 0 Å². The molecule has 27 heavy (non-hydrogen) atoms. The van der Waals surface area contributed by atoms with Crippen LogP contribution in [0.25, 0.3) is 0 Å². The van der Waals surface area contributed by atoms with Crippen LogP contribution < -0.4 is 10.6 Å². The maximum absolute atomic E-state index is 13.0. The van der Waals surface area contributed by atoms with E-state index in [4.69, 9.17) is 0 Å². The van der Waals surface area contributed by atoms with Gasteiger partial charge in [0.25, 0.3) is 0 Å². The molecule has 0 atom stereocenters. The lowest BCUT2D eigenvalue weighted by molar-refractivity contribution is 0.232. The number of carbonyl (C=O) groups is 1. The number of amides is 2. The van der Waals surface area contributed by atoms with E-state index in [1.165, 1.54) is 41.4 Å². The van der Waals surface area contributed by atoms with Crippen LogP contribution in [0.1, 0.15) is 44.9 Å². The first kappa shape index (κ1) is 20.1. The van der Waals surface area contributed by atoms with Gasteiger partial charge in [-0.3, -0.25) is 0 Å². The Morgan fingerprint density at radius 2 is 1.70 bits per heavy atom. The van der Waals surface area contributed by atoms with Crippen molar-refractivity contribution in [3.05, 3.63) is 30.1 Å². The lowest BCUT2D eigenvalue weighted by atomic mass is 9.95. The number of benzene rings is 1. The maximum Gasteiger partial charge on any atom is 0.315 e. The second-order valence-electron chi connectivity index (χ2n) is 7.47. The topological polar surface area (TPSA) is 78.5 Å². The number of sulfonamides is 1. The van der Waals surface area contributed by atoms with Crippen molar-refractivity contribution in [2.75, 3.05) is 19.6 Å². The number of urea groups is 1. The van der Waals surface area contributed by atoms with Gasteiger partial charge in [-0.05, 0) is 62.3 Å². The normalized spacial score (nSPS) is 19.9. The third kappa shape index (κ3) is 5.42. The van der Waals surface area contributed by atoms with Gasteiger partial charge in [0, 0.05) is 25.7 Å². The summed E-state index contributed by atoms with van der Waals surface area (Å²) in [5.74, 6) is -0.0476. The van der Waals surface area contributed by atoms with E-state index in [2.05, 4.69) is 10.6 Å². The Morgan fingerprint density at radius 1 is 1.07 bits per heavy atom. The molecular formula is C19H28FN3O3S. The summed E-state index contributed by atoms with van der Waals surface area (Å²) < 4.78 is 39.7. The molecule has 1 aromatic carbocycles. The first-order chi connectivity index (χ1) is 12.9. The van der Waals surface area contributed by atoms with Crippen molar-refractivity contribution >= 4 is 16.1 Å². The fraction of sp³-hybridized carbons (Fsp3) is 0.632. The molecule has 1 aromatic rings. The van der Waals surface area contributed by atoms with E-state index in [-0.39, 0.29) is 10.9 Å². The number of hydrogen-bond acceptors (Lipinski definition) is 3. The van der Waals surface area contributed by atoms with Crippen LogP contribution in [0, 0.1) is 11.7 Å². The highest BCUT2D eigenvalue weighted by atomic mass is 32.2. The molecule has 1 saturated carbocycles. The molecule has 3 rings (SSSR count). The molecule has 1 aliphatic heterocycles. The van der Waals surface area contributed by atoms with Gasteiger partial charge in [0.15, 0.2) is 0 Å². The molecular weight excluding hydrogens is 369 g/mol. The summed E-state index contributed by atoms with van der Waals surface area (Å²) in [6, 6.07) is 5.17. The zero-order valence-electron chi connectivity index (χ0n) is 15.5. The van der Waals surface area contributed by atoms with Gasteiger partial charge in [0.2, 0.25) is 10.0 Å². The van der Waals surface area contributed by atoms with Crippen LogP contribution in [0.15, 0.2) is 29.2 Å². The summed E-state index contributed by atoms with van der Waals surface area (Å²) in [7, 11) is -3.56. The van der Waals surface area contributed by atoms with Crippen molar-refractivity contribution < 1.29 is 17.6 Å². The monoisotopic (exact) mass is 397 g/mol. The minimum Gasteiger partial charge on any atom is -0.338 e. The highest BCUT2D eigenvalue weighted by Crippen LogP contribution is 2.25. The summed E-state index contributed by atoms with van der Waals surface area (Å²) in [6.45, 7) is 1.52. The summed E-state index contributed by atoms with van der Waals surface area (Å²) in [5.41, 5.74) is 0. The van der Waals surface area contributed by atoms with Crippen molar-refractivity contribution in [2.45, 2.75) is 55.9 Å². The van der Waals surface area contributed by atoms with Crippen LogP contribution in [0.3, 0.4) is 0 Å². The summed E-state index contributed by atoms with van der Waals surface area (Å²) in [6.07, 6.45) is 6.89. The smallest absolute Gasteiger partial charge is 0.315 e. The Kier molecular flexibility index (Phi) is 6.70. The molecule has 2 N–H and O–H groups in total. The lowest BCUT2D eigenvalue weighted by Crippen LogP contribution is -2.42. The van der Waals surface area contributed by atoms with Crippen LogP contribution in [-0.4, -0.2) is 44.4 Å². The van der Waals surface area contributed by atoms with Crippen molar-refractivity contribution in [2.24, 2.45) is 5.92 Å². The minimum atomic E-state index is -3.56. The second-order valence-corrected chi connectivity index (χ2v) is 9.41. The molecule has 1 saturated heterocycles. The van der Waals surface area contributed by atoms with Gasteiger partial charge < -0.3 is 10.6 Å². The number of rotatable bonds is 6. The average Bonchev–Trinajstić information content (AvgIpc) is 3.15. The van der Waals surface area contributed by atoms with E-state index in [1.54, 1.807) is 0 Å². The predicted octanol–water partition coefficient (Wildman–Crippen LogP) is 2.86. The number of hydrogen-bond donors (Lipinski definition) is 2. The SMILES string of the molecule is O=C(NCCC1CCN(S(=O)(=O)c2ccc(F)cc2)CC1)NC1CCCC1. The quantitative estimate of drug-likeness (QED) is 0.775. The maximum atomic E-state index is 13.0. The van der Waals surface area contributed by atoms with Gasteiger partial charge in [-0.15, -0.1) is 0 Å². The van der Waals surface area contributed by atoms with E-state index >= 15 is 0 Å².